The van der Waals surface area contributed by atoms with Crippen molar-refractivity contribution in [3.05, 3.63) is 0 Å². The third kappa shape index (κ3) is 35.5. The van der Waals surface area contributed by atoms with Crippen molar-refractivity contribution < 1.29 is 47.5 Å². The Kier molecular flexibility index (Phi) is 35.4. The number of carbonyl (C=O) groups is 3. The molecule has 0 aromatic heterocycles. The van der Waals surface area contributed by atoms with E-state index in [2.05, 4.69) is 18.4 Å². The van der Waals surface area contributed by atoms with Gasteiger partial charge in [0, 0.05) is 12.8 Å². The van der Waals surface area contributed by atoms with Gasteiger partial charge in [-0.05, 0) is 12.8 Å². The van der Waals surface area contributed by atoms with Gasteiger partial charge in [-0.15, -0.1) is 0 Å². The Morgan fingerprint density at radius 2 is 0.846 bits per heavy atom. The van der Waals surface area contributed by atoms with Crippen LogP contribution >= 0.6 is 7.82 Å². The molecule has 0 amide bonds. The van der Waals surface area contributed by atoms with Gasteiger partial charge in [0.15, 0.2) is 6.10 Å². The first-order valence-corrected chi connectivity index (χ1v) is 22.6. The number of nitrogens with two attached hydrogens (primary N) is 1. The van der Waals surface area contributed by atoms with E-state index in [4.69, 9.17) is 24.8 Å². The van der Waals surface area contributed by atoms with Crippen molar-refractivity contribution in [1.82, 2.24) is 0 Å². The van der Waals surface area contributed by atoms with Gasteiger partial charge in [-0.1, -0.05) is 181 Å². The van der Waals surface area contributed by atoms with Crippen LogP contribution < -0.4 is 5.73 Å². The molecule has 4 N–H and O–H groups in total. The van der Waals surface area contributed by atoms with Gasteiger partial charge in [-0.2, -0.15) is 0 Å². The summed E-state index contributed by atoms with van der Waals surface area (Å²) in [4.78, 5) is 45.8. The van der Waals surface area contributed by atoms with E-state index in [0.29, 0.717) is 12.8 Å². The lowest BCUT2D eigenvalue weighted by atomic mass is 10.0. The van der Waals surface area contributed by atoms with E-state index in [0.717, 1.165) is 38.5 Å². The Balaban J connectivity index is 4.35. The molecule has 0 bridgehead atoms. The summed E-state index contributed by atoms with van der Waals surface area (Å²) in [5.74, 6) is -2.36. The second-order valence-corrected chi connectivity index (χ2v) is 15.9. The maximum Gasteiger partial charge on any atom is 0.472 e. The van der Waals surface area contributed by atoms with Crippen LogP contribution in [0.15, 0.2) is 0 Å². The summed E-state index contributed by atoms with van der Waals surface area (Å²) < 4.78 is 32.6. The molecule has 0 rings (SSSR count). The molecule has 0 aliphatic rings. The molecule has 3 atom stereocenters. The van der Waals surface area contributed by atoms with Crippen molar-refractivity contribution in [1.29, 1.82) is 0 Å². The van der Waals surface area contributed by atoms with Crippen molar-refractivity contribution in [3.63, 3.8) is 0 Å². The Morgan fingerprint density at radius 3 is 1.21 bits per heavy atom. The molecule has 0 heterocycles. The summed E-state index contributed by atoms with van der Waals surface area (Å²) in [6.45, 7) is 2.82. The summed E-state index contributed by atoms with van der Waals surface area (Å²) in [7, 11) is -4.70. The Bertz CT molecular complexity index is 906. The minimum absolute atomic E-state index is 0.169. The first kappa shape index (κ1) is 50.5. The van der Waals surface area contributed by atoms with Gasteiger partial charge in [0.2, 0.25) is 0 Å². The molecule has 0 saturated heterocycles. The van der Waals surface area contributed by atoms with Crippen molar-refractivity contribution in [2.45, 2.75) is 219 Å². The molecule has 52 heavy (non-hydrogen) atoms. The van der Waals surface area contributed by atoms with Crippen LogP contribution in [0.4, 0.5) is 0 Å². The largest absolute Gasteiger partial charge is 0.480 e. The van der Waals surface area contributed by atoms with Gasteiger partial charge < -0.3 is 25.2 Å². The van der Waals surface area contributed by atoms with Gasteiger partial charge in [0.25, 0.3) is 0 Å². The number of carboxylic acid groups (broad SMARTS) is 1. The SMILES string of the molecule is CCCCCCCCCCCCCCCCCC(=O)OC(COC(=O)CCCCCCCCCCCCCCC)COP(=O)(O)OCC(N)C(=O)O. The first-order chi connectivity index (χ1) is 25.1. The van der Waals surface area contributed by atoms with Crippen LogP contribution in [0.1, 0.15) is 206 Å². The van der Waals surface area contributed by atoms with Crippen molar-refractivity contribution in [2.75, 3.05) is 19.8 Å². The van der Waals surface area contributed by atoms with Gasteiger partial charge in [-0.3, -0.25) is 23.4 Å². The third-order valence-corrected chi connectivity index (χ3v) is 10.3. The topological polar surface area (TPSA) is 172 Å². The molecule has 0 saturated carbocycles. The molecule has 0 aromatic rings. The average Bonchev–Trinajstić information content (AvgIpc) is 3.12. The molecular formula is C40H78NO10P. The van der Waals surface area contributed by atoms with Crippen LogP contribution in [0.2, 0.25) is 0 Å². The number of hydrogen-bond acceptors (Lipinski definition) is 9. The lowest BCUT2D eigenvalue weighted by Gasteiger charge is -2.20. The molecule has 11 nitrogen and oxygen atoms in total. The van der Waals surface area contributed by atoms with E-state index < -0.39 is 51.1 Å². The van der Waals surface area contributed by atoms with Crippen LogP contribution in [0.5, 0.6) is 0 Å². The number of carbonyl (C=O) groups excluding carboxylic acids is 2. The standard InChI is InChI=1S/C40H78NO10P/c1-3-5-7-9-11-13-15-17-18-20-22-24-26-28-30-32-39(43)51-36(34-49-52(46,47)50-35-37(41)40(44)45)33-48-38(42)31-29-27-25-23-21-19-16-14-12-10-8-6-4-2/h36-37H,3-35,41H2,1-2H3,(H,44,45)(H,46,47). The van der Waals surface area contributed by atoms with E-state index in [1.807, 2.05) is 0 Å². The number of unbranched alkanes of at least 4 members (excludes halogenated alkanes) is 26. The van der Waals surface area contributed by atoms with Crippen LogP contribution in [-0.4, -0.2) is 59.9 Å². The number of ether oxygens (including phenoxy) is 2. The van der Waals surface area contributed by atoms with Crippen LogP contribution in [0.25, 0.3) is 0 Å². The highest BCUT2D eigenvalue weighted by molar-refractivity contribution is 7.47. The van der Waals surface area contributed by atoms with E-state index in [9.17, 15) is 23.8 Å². The van der Waals surface area contributed by atoms with Gasteiger partial charge in [0.05, 0.1) is 13.2 Å². The fourth-order valence-corrected chi connectivity index (χ4v) is 6.79. The second-order valence-electron chi connectivity index (χ2n) is 14.5. The number of esters is 2. The monoisotopic (exact) mass is 764 g/mol. The Hall–Kier alpha value is -1.52. The average molecular weight is 764 g/mol. The third-order valence-electron chi connectivity index (χ3n) is 9.36. The fourth-order valence-electron chi connectivity index (χ4n) is 6.01. The van der Waals surface area contributed by atoms with Crippen LogP contribution in [0.3, 0.4) is 0 Å². The molecule has 12 heteroatoms. The summed E-state index contributed by atoms with van der Waals surface area (Å²) >= 11 is 0. The maximum atomic E-state index is 12.6. The molecule has 0 radical (unpaired) electrons. The summed E-state index contributed by atoms with van der Waals surface area (Å²) in [5, 5.41) is 8.87. The number of aliphatic carboxylic acids is 1. The number of phosphoric acid groups is 1. The van der Waals surface area contributed by atoms with E-state index in [-0.39, 0.29) is 19.4 Å². The van der Waals surface area contributed by atoms with E-state index in [1.165, 1.54) is 128 Å². The zero-order chi connectivity index (χ0) is 38.5. The summed E-state index contributed by atoms with van der Waals surface area (Å²) in [6, 6.07) is -1.52. The molecule has 0 aliphatic carbocycles. The maximum absolute atomic E-state index is 12.6. The summed E-state index contributed by atoms with van der Waals surface area (Å²) in [5.41, 5.74) is 5.33. The van der Waals surface area contributed by atoms with E-state index >= 15 is 0 Å². The van der Waals surface area contributed by atoms with Crippen LogP contribution in [0, 0.1) is 0 Å². The van der Waals surface area contributed by atoms with E-state index in [1.54, 1.807) is 0 Å². The number of rotatable bonds is 40. The Morgan fingerprint density at radius 1 is 0.519 bits per heavy atom. The fraction of sp³-hybridized carbons (Fsp3) is 0.925. The molecule has 0 spiro atoms. The van der Waals surface area contributed by atoms with Crippen molar-refractivity contribution in [3.8, 4) is 0 Å². The smallest absolute Gasteiger partial charge is 0.472 e. The molecule has 0 aromatic carbocycles. The highest BCUT2D eigenvalue weighted by Crippen LogP contribution is 2.43. The zero-order valence-electron chi connectivity index (χ0n) is 33.2. The lowest BCUT2D eigenvalue weighted by molar-refractivity contribution is -0.161. The molecule has 308 valence electrons. The van der Waals surface area contributed by atoms with Gasteiger partial charge in [-0.25, -0.2) is 4.57 Å². The van der Waals surface area contributed by atoms with Crippen molar-refractivity contribution in [2.24, 2.45) is 5.73 Å². The molecule has 0 fully saturated rings. The zero-order valence-corrected chi connectivity index (χ0v) is 34.1. The molecule has 0 aliphatic heterocycles. The quantitative estimate of drug-likeness (QED) is 0.0308. The minimum atomic E-state index is -4.70. The van der Waals surface area contributed by atoms with Crippen LogP contribution in [-0.2, 0) is 37.5 Å². The number of hydrogen-bond donors (Lipinski definition) is 3. The molecular weight excluding hydrogens is 685 g/mol. The normalized spacial score (nSPS) is 13.8. The number of phosphoric ester groups is 1. The van der Waals surface area contributed by atoms with Gasteiger partial charge >= 0.3 is 25.7 Å². The predicted octanol–water partition coefficient (Wildman–Crippen LogP) is 10.7. The van der Waals surface area contributed by atoms with Crippen molar-refractivity contribution >= 4 is 25.7 Å². The second kappa shape index (κ2) is 36.5. The highest BCUT2D eigenvalue weighted by Gasteiger charge is 2.28. The molecule has 3 unspecified atom stereocenters. The lowest BCUT2D eigenvalue weighted by Crippen LogP contribution is -2.34. The summed E-state index contributed by atoms with van der Waals surface area (Å²) in [6.07, 6.45) is 33.0. The highest BCUT2D eigenvalue weighted by atomic mass is 31.2. The number of carboxylic acids is 1. The minimum Gasteiger partial charge on any atom is -0.480 e. The Labute approximate surface area is 316 Å². The predicted molar refractivity (Wildman–Crippen MR) is 208 cm³/mol. The van der Waals surface area contributed by atoms with Gasteiger partial charge in [0.1, 0.15) is 12.6 Å². The first-order valence-electron chi connectivity index (χ1n) is 21.1.